The molecule has 0 saturated heterocycles. The molecule has 96 valence electrons. The lowest BCUT2D eigenvalue weighted by Gasteiger charge is -2.04. The predicted octanol–water partition coefficient (Wildman–Crippen LogP) is 1.80. The zero-order chi connectivity index (χ0) is 13.5. The topological polar surface area (TPSA) is 64.3 Å². The van der Waals surface area contributed by atoms with Gasteiger partial charge in [0, 0.05) is 18.0 Å². The molecule has 0 aliphatic heterocycles. The lowest BCUT2D eigenvalue weighted by Crippen LogP contribution is -1.96. The Hall–Kier alpha value is -2.21. The summed E-state index contributed by atoms with van der Waals surface area (Å²) in [6.07, 6.45) is 4.50. The highest BCUT2D eigenvalue weighted by Crippen LogP contribution is 2.24. The lowest BCUT2D eigenvalue weighted by atomic mass is 10.1. The summed E-state index contributed by atoms with van der Waals surface area (Å²) in [5.74, 6) is 0. The van der Waals surface area contributed by atoms with Crippen LogP contribution in [0, 0.1) is 0 Å². The fraction of sp³-hybridized carbons (Fsp3) is 0.0769. The fourth-order valence-corrected chi connectivity index (χ4v) is 2.58. The Balaban J connectivity index is 2.15. The van der Waals surface area contributed by atoms with E-state index >= 15 is 0 Å². The summed E-state index contributed by atoms with van der Waals surface area (Å²) in [7, 11) is -3.17. The molecule has 6 heteroatoms. The van der Waals surface area contributed by atoms with Gasteiger partial charge >= 0.3 is 0 Å². The van der Waals surface area contributed by atoms with Gasteiger partial charge in [0.2, 0.25) is 0 Å². The average molecular weight is 273 g/mol. The van der Waals surface area contributed by atoms with Crippen molar-refractivity contribution in [2.75, 3.05) is 6.26 Å². The largest absolute Gasteiger partial charge is 0.224 e. The van der Waals surface area contributed by atoms with Gasteiger partial charge in [-0.3, -0.25) is 0 Å². The van der Waals surface area contributed by atoms with E-state index in [1.165, 1.54) is 12.6 Å². The van der Waals surface area contributed by atoms with Crippen LogP contribution in [0.1, 0.15) is 0 Å². The Kier molecular flexibility index (Phi) is 2.60. The van der Waals surface area contributed by atoms with Crippen LogP contribution in [0.4, 0.5) is 0 Å². The zero-order valence-corrected chi connectivity index (χ0v) is 11.0. The molecule has 0 atom stereocenters. The molecular weight excluding hydrogens is 262 g/mol. The van der Waals surface area contributed by atoms with Gasteiger partial charge in [0.1, 0.15) is 6.33 Å². The van der Waals surface area contributed by atoms with Crippen LogP contribution in [0.25, 0.3) is 16.8 Å². The van der Waals surface area contributed by atoms with E-state index in [2.05, 4.69) is 10.1 Å². The Morgan fingerprint density at radius 2 is 1.84 bits per heavy atom. The molecule has 2 aromatic heterocycles. The van der Waals surface area contributed by atoms with Crippen molar-refractivity contribution < 1.29 is 8.42 Å². The van der Waals surface area contributed by atoms with Crippen LogP contribution in [0.2, 0.25) is 0 Å². The minimum Gasteiger partial charge on any atom is -0.224 e. The van der Waals surface area contributed by atoms with E-state index in [9.17, 15) is 8.42 Å². The third-order valence-corrected chi connectivity index (χ3v) is 4.03. The van der Waals surface area contributed by atoms with Crippen molar-refractivity contribution in [3.05, 3.63) is 48.9 Å². The maximum atomic E-state index is 11.4. The smallest absolute Gasteiger partial charge is 0.175 e. The maximum absolute atomic E-state index is 11.4. The molecule has 0 amide bonds. The standard InChI is InChI=1S/C13H11N3O2S/c1-19(17,18)11-6-4-10(5-7-11)12-3-2-8-16-13(12)14-9-15-16/h2-9H,1H3. The van der Waals surface area contributed by atoms with Gasteiger partial charge < -0.3 is 0 Å². The summed E-state index contributed by atoms with van der Waals surface area (Å²) < 4.78 is 24.5. The Labute approximate surface area is 110 Å². The summed E-state index contributed by atoms with van der Waals surface area (Å²) in [5, 5.41) is 4.07. The number of nitrogens with zero attached hydrogens (tertiary/aromatic N) is 3. The fourth-order valence-electron chi connectivity index (χ4n) is 1.95. The number of pyridine rings is 1. The van der Waals surface area contributed by atoms with Gasteiger partial charge in [0.15, 0.2) is 15.5 Å². The molecule has 2 heterocycles. The van der Waals surface area contributed by atoms with Crippen molar-refractivity contribution >= 4 is 15.5 Å². The first-order chi connectivity index (χ1) is 9.05. The van der Waals surface area contributed by atoms with Crippen LogP contribution in [0.3, 0.4) is 0 Å². The molecule has 0 fully saturated rings. The molecule has 0 saturated carbocycles. The molecular formula is C13H11N3O2S. The van der Waals surface area contributed by atoms with Crippen LogP contribution in [-0.4, -0.2) is 29.3 Å². The molecule has 0 N–H and O–H groups in total. The number of hydrogen-bond donors (Lipinski definition) is 0. The third-order valence-electron chi connectivity index (χ3n) is 2.90. The molecule has 0 aliphatic carbocycles. The van der Waals surface area contributed by atoms with Gasteiger partial charge in [-0.05, 0) is 29.8 Å². The summed E-state index contributed by atoms with van der Waals surface area (Å²) in [6, 6.07) is 10.6. The van der Waals surface area contributed by atoms with E-state index in [1.54, 1.807) is 28.8 Å². The molecule has 0 aliphatic rings. The van der Waals surface area contributed by atoms with Crippen LogP contribution in [-0.2, 0) is 9.84 Å². The monoisotopic (exact) mass is 273 g/mol. The summed E-state index contributed by atoms with van der Waals surface area (Å²) >= 11 is 0. The second-order valence-corrected chi connectivity index (χ2v) is 6.26. The van der Waals surface area contributed by atoms with E-state index in [0.29, 0.717) is 4.90 Å². The quantitative estimate of drug-likeness (QED) is 0.714. The van der Waals surface area contributed by atoms with Crippen molar-refractivity contribution in [1.29, 1.82) is 0 Å². The average Bonchev–Trinajstić information content (AvgIpc) is 2.86. The van der Waals surface area contributed by atoms with E-state index in [4.69, 9.17) is 0 Å². The summed E-state index contributed by atoms with van der Waals surface area (Å²) in [4.78, 5) is 4.51. The number of benzene rings is 1. The minimum atomic E-state index is -3.17. The van der Waals surface area contributed by atoms with Gasteiger partial charge in [-0.1, -0.05) is 12.1 Å². The van der Waals surface area contributed by atoms with Gasteiger partial charge in [-0.15, -0.1) is 0 Å². The van der Waals surface area contributed by atoms with Crippen molar-refractivity contribution in [2.45, 2.75) is 4.90 Å². The van der Waals surface area contributed by atoms with E-state index in [0.717, 1.165) is 16.8 Å². The number of sulfone groups is 1. The third kappa shape index (κ3) is 2.10. The highest BCUT2D eigenvalue weighted by molar-refractivity contribution is 7.90. The highest BCUT2D eigenvalue weighted by atomic mass is 32.2. The predicted molar refractivity (Wildman–Crippen MR) is 71.5 cm³/mol. The van der Waals surface area contributed by atoms with Crippen LogP contribution in [0.5, 0.6) is 0 Å². The van der Waals surface area contributed by atoms with Crippen molar-refractivity contribution in [3.63, 3.8) is 0 Å². The first-order valence-electron chi connectivity index (χ1n) is 5.64. The van der Waals surface area contributed by atoms with Crippen molar-refractivity contribution in [1.82, 2.24) is 14.6 Å². The molecule has 0 spiro atoms. The molecule has 5 nitrogen and oxygen atoms in total. The molecule has 1 aromatic carbocycles. The van der Waals surface area contributed by atoms with Crippen LogP contribution in [0.15, 0.2) is 53.8 Å². The molecule has 0 radical (unpaired) electrons. The second-order valence-electron chi connectivity index (χ2n) is 4.25. The van der Waals surface area contributed by atoms with Gasteiger partial charge in [0.05, 0.1) is 4.90 Å². The first-order valence-corrected chi connectivity index (χ1v) is 7.54. The minimum absolute atomic E-state index is 0.310. The van der Waals surface area contributed by atoms with Gasteiger partial charge in [0.25, 0.3) is 0 Å². The number of fused-ring (bicyclic) bond motifs is 1. The van der Waals surface area contributed by atoms with E-state index in [1.807, 2.05) is 18.3 Å². The van der Waals surface area contributed by atoms with Gasteiger partial charge in [-0.25, -0.2) is 17.9 Å². The Morgan fingerprint density at radius 1 is 1.11 bits per heavy atom. The first kappa shape index (κ1) is 11.9. The summed E-state index contributed by atoms with van der Waals surface area (Å²) in [6.45, 7) is 0. The van der Waals surface area contributed by atoms with E-state index in [-0.39, 0.29) is 0 Å². The lowest BCUT2D eigenvalue weighted by molar-refractivity contribution is 0.602. The highest BCUT2D eigenvalue weighted by Gasteiger charge is 2.09. The zero-order valence-electron chi connectivity index (χ0n) is 10.2. The van der Waals surface area contributed by atoms with Crippen LogP contribution >= 0.6 is 0 Å². The van der Waals surface area contributed by atoms with Crippen molar-refractivity contribution in [2.24, 2.45) is 0 Å². The second kappa shape index (κ2) is 4.17. The number of rotatable bonds is 2. The van der Waals surface area contributed by atoms with Crippen molar-refractivity contribution in [3.8, 4) is 11.1 Å². The van der Waals surface area contributed by atoms with E-state index < -0.39 is 9.84 Å². The maximum Gasteiger partial charge on any atom is 0.175 e. The Morgan fingerprint density at radius 3 is 2.53 bits per heavy atom. The molecule has 0 unspecified atom stereocenters. The molecule has 3 aromatic rings. The number of hydrogen-bond acceptors (Lipinski definition) is 4. The molecule has 19 heavy (non-hydrogen) atoms. The number of aromatic nitrogens is 3. The normalized spacial score (nSPS) is 11.8. The Bertz CT molecular complexity index is 836. The molecule has 3 rings (SSSR count). The van der Waals surface area contributed by atoms with Crippen LogP contribution < -0.4 is 0 Å². The SMILES string of the molecule is CS(=O)(=O)c1ccc(-c2cccn3ncnc23)cc1. The molecule has 0 bridgehead atoms. The summed E-state index contributed by atoms with van der Waals surface area (Å²) in [5.41, 5.74) is 2.57. The van der Waals surface area contributed by atoms with Gasteiger partial charge in [-0.2, -0.15) is 5.10 Å².